The number of nitrogens with two attached hydrogens (primary N) is 2. The second-order valence-corrected chi connectivity index (χ2v) is 9.95. The molecule has 1 aliphatic carbocycles. The highest BCUT2D eigenvalue weighted by atomic mass is 32.1. The zero-order chi connectivity index (χ0) is 26.7. The van der Waals surface area contributed by atoms with Gasteiger partial charge in [-0.1, -0.05) is 31.0 Å². The summed E-state index contributed by atoms with van der Waals surface area (Å²) in [7, 11) is 3.79. The van der Waals surface area contributed by atoms with Gasteiger partial charge >= 0.3 is 0 Å². The molecule has 0 spiro atoms. The van der Waals surface area contributed by atoms with Crippen LogP contribution in [0, 0.1) is 5.82 Å². The van der Waals surface area contributed by atoms with Crippen molar-refractivity contribution in [1.29, 1.82) is 0 Å². The highest BCUT2D eigenvalue weighted by Gasteiger charge is 2.37. The van der Waals surface area contributed by atoms with Crippen molar-refractivity contribution in [1.82, 2.24) is 9.69 Å². The molecule has 5 N–H and O–H groups in total. The number of rotatable bonds is 8. The monoisotopic (exact) mass is 524 g/mol. The van der Waals surface area contributed by atoms with Gasteiger partial charge in [-0.15, -0.1) is 0 Å². The molecule has 3 aromatic rings. The first-order valence-electron chi connectivity index (χ1n) is 11.9. The number of aromatic nitrogens is 1. The first-order valence-corrected chi connectivity index (χ1v) is 12.7. The Kier molecular flexibility index (Phi) is 7.72. The van der Waals surface area contributed by atoms with E-state index in [1.165, 1.54) is 29.2 Å². The molecule has 0 bridgehead atoms. The van der Waals surface area contributed by atoms with Gasteiger partial charge in [-0.25, -0.2) is 4.39 Å². The minimum atomic E-state index is -1.15. The summed E-state index contributed by atoms with van der Waals surface area (Å²) in [5, 5.41) is 3.07. The van der Waals surface area contributed by atoms with Crippen molar-refractivity contribution in [3.8, 4) is 0 Å². The van der Waals surface area contributed by atoms with Gasteiger partial charge in [0.05, 0.1) is 5.69 Å². The Morgan fingerprint density at radius 1 is 1.08 bits per heavy atom. The number of hydrogen-bond acceptors (Lipinski definition) is 7. The molecular weight excluding hydrogens is 495 g/mol. The molecule has 1 saturated carbocycles. The molecule has 11 heteroatoms. The minimum Gasteiger partial charge on any atom is -0.395 e. The zero-order valence-corrected chi connectivity index (χ0v) is 21.4. The quantitative estimate of drug-likeness (QED) is 0.413. The van der Waals surface area contributed by atoms with E-state index in [0.29, 0.717) is 17.1 Å². The van der Waals surface area contributed by atoms with E-state index in [-0.39, 0.29) is 28.0 Å². The Balaban J connectivity index is 1.86. The Bertz CT molecular complexity index is 1300. The van der Waals surface area contributed by atoms with E-state index in [9.17, 15) is 18.8 Å². The molecule has 0 aliphatic heterocycles. The normalized spacial score (nSPS) is 14.2. The van der Waals surface area contributed by atoms with Crippen LogP contribution >= 0.6 is 11.5 Å². The minimum absolute atomic E-state index is 0.0181. The Morgan fingerprint density at radius 2 is 1.76 bits per heavy atom. The topological polar surface area (TPSA) is 135 Å². The van der Waals surface area contributed by atoms with Crippen LogP contribution in [0.1, 0.15) is 57.4 Å². The molecule has 0 saturated heterocycles. The molecule has 1 fully saturated rings. The molecule has 194 valence electrons. The lowest BCUT2D eigenvalue weighted by Crippen LogP contribution is -2.46. The van der Waals surface area contributed by atoms with Crippen molar-refractivity contribution in [2.24, 2.45) is 5.73 Å². The van der Waals surface area contributed by atoms with Crippen molar-refractivity contribution in [3.05, 3.63) is 70.5 Å². The van der Waals surface area contributed by atoms with Crippen LogP contribution in [-0.4, -0.2) is 42.2 Å². The lowest BCUT2D eigenvalue weighted by atomic mass is 10.0. The maximum Gasteiger partial charge on any atom is 0.273 e. The van der Waals surface area contributed by atoms with E-state index in [1.54, 1.807) is 12.1 Å². The fourth-order valence-electron chi connectivity index (χ4n) is 4.47. The number of anilines is 3. The second kappa shape index (κ2) is 11.0. The molecule has 2 aromatic carbocycles. The van der Waals surface area contributed by atoms with Crippen molar-refractivity contribution >= 4 is 46.3 Å². The summed E-state index contributed by atoms with van der Waals surface area (Å²) in [4.78, 5) is 42.6. The van der Waals surface area contributed by atoms with Gasteiger partial charge in [0, 0.05) is 31.5 Å². The molecule has 37 heavy (non-hydrogen) atoms. The maximum absolute atomic E-state index is 14.4. The van der Waals surface area contributed by atoms with Crippen molar-refractivity contribution < 1.29 is 18.8 Å². The first kappa shape index (κ1) is 26.1. The third kappa shape index (κ3) is 5.56. The van der Waals surface area contributed by atoms with Gasteiger partial charge in [-0.2, -0.15) is 4.37 Å². The van der Waals surface area contributed by atoms with Crippen LogP contribution < -0.4 is 26.6 Å². The Hall–Kier alpha value is -3.99. The van der Waals surface area contributed by atoms with Crippen molar-refractivity contribution in [2.45, 2.75) is 37.8 Å². The number of nitrogens with one attached hydrogen (secondary N) is 1. The van der Waals surface area contributed by atoms with Crippen molar-refractivity contribution in [3.63, 3.8) is 0 Å². The van der Waals surface area contributed by atoms with Gasteiger partial charge in [-0.3, -0.25) is 19.3 Å². The Labute approximate surface area is 218 Å². The lowest BCUT2D eigenvalue weighted by Gasteiger charge is -2.32. The average Bonchev–Trinajstić information content (AvgIpc) is 3.51. The third-order valence-corrected chi connectivity index (χ3v) is 7.25. The van der Waals surface area contributed by atoms with E-state index in [2.05, 4.69) is 9.69 Å². The summed E-state index contributed by atoms with van der Waals surface area (Å²) in [5.41, 5.74) is 12.6. The summed E-state index contributed by atoms with van der Waals surface area (Å²) in [5.74, 6) is -2.56. The molecule has 1 unspecified atom stereocenters. The molecule has 1 atom stereocenters. The predicted molar refractivity (Wildman–Crippen MR) is 142 cm³/mol. The molecular formula is C26H29FN6O3S. The number of carbonyl (C=O) groups excluding carboxylic acids is 3. The standard InChI is InChI=1S/C26H29FN6O3S/c1-32(2)18-12-10-15(11-13-18)22(25(35)30-17-7-3-4-8-17)33(19-9-5-6-16(27)14-19)26(36)23-20(28)21(24(29)34)31-37-23/h5-6,9-14,17,22H,3-4,7-8,28H2,1-2H3,(H2,29,34)(H,30,35). The fourth-order valence-corrected chi connectivity index (χ4v) is 5.21. The Morgan fingerprint density at radius 3 is 2.32 bits per heavy atom. The number of carbonyl (C=O) groups is 3. The van der Waals surface area contributed by atoms with Gasteiger partial charge in [-0.05, 0) is 60.3 Å². The summed E-state index contributed by atoms with van der Waals surface area (Å²) in [6, 6.07) is 11.5. The predicted octanol–water partition coefficient (Wildman–Crippen LogP) is 3.48. The van der Waals surface area contributed by atoms with Crippen LogP contribution in [0.15, 0.2) is 48.5 Å². The zero-order valence-electron chi connectivity index (χ0n) is 20.6. The van der Waals surface area contributed by atoms with Crippen LogP contribution in [-0.2, 0) is 4.79 Å². The van der Waals surface area contributed by atoms with Gasteiger partial charge in [0.1, 0.15) is 16.7 Å². The smallest absolute Gasteiger partial charge is 0.273 e. The lowest BCUT2D eigenvalue weighted by molar-refractivity contribution is -0.123. The second-order valence-electron chi connectivity index (χ2n) is 9.17. The van der Waals surface area contributed by atoms with Gasteiger partial charge in [0.2, 0.25) is 5.91 Å². The number of hydrogen-bond donors (Lipinski definition) is 3. The number of benzene rings is 2. The van der Waals surface area contributed by atoms with E-state index in [0.717, 1.165) is 31.4 Å². The molecule has 1 aromatic heterocycles. The van der Waals surface area contributed by atoms with E-state index < -0.39 is 29.6 Å². The summed E-state index contributed by atoms with van der Waals surface area (Å²) < 4.78 is 18.3. The highest BCUT2D eigenvalue weighted by Crippen LogP contribution is 2.34. The molecule has 1 aliphatic rings. The molecule has 0 radical (unpaired) electrons. The molecule has 4 rings (SSSR count). The SMILES string of the molecule is CN(C)c1ccc(C(C(=O)NC2CCCC2)N(C(=O)c2snc(C(N)=O)c2N)c2cccc(F)c2)cc1. The van der Waals surface area contributed by atoms with E-state index in [4.69, 9.17) is 11.5 Å². The fraction of sp³-hybridized carbons (Fsp3) is 0.308. The van der Waals surface area contributed by atoms with Crippen molar-refractivity contribution in [2.75, 3.05) is 29.6 Å². The van der Waals surface area contributed by atoms with Gasteiger partial charge in [0.25, 0.3) is 11.8 Å². The summed E-state index contributed by atoms with van der Waals surface area (Å²) in [6.45, 7) is 0. The van der Waals surface area contributed by atoms with Crippen LogP contribution in [0.2, 0.25) is 0 Å². The number of nitrogens with zero attached hydrogens (tertiary/aromatic N) is 3. The largest absolute Gasteiger partial charge is 0.395 e. The first-order chi connectivity index (χ1) is 17.7. The maximum atomic E-state index is 14.4. The number of primary amides is 1. The number of amides is 3. The van der Waals surface area contributed by atoms with Gasteiger partial charge in [0.15, 0.2) is 5.69 Å². The molecule has 1 heterocycles. The van der Waals surface area contributed by atoms with Crippen LogP contribution in [0.25, 0.3) is 0 Å². The van der Waals surface area contributed by atoms with E-state index in [1.807, 2.05) is 31.1 Å². The number of halogens is 1. The van der Waals surface area contributed by atoms with Gasteiger partial charge < -0.3 is 21.7 Å². The van der Waals surface area contributed by atoms with E-state index >= 15 is 0 Å². The van der Waals surface area contributed by atoms with Crippen LogP contribution in [0.4, 0.5) is 21.5 Å². The van der Waals surface area contributed by atoms with Crippen LogP contribution in [0.5, 0.6) is 0 Å². The summed E-state index contributed by atoms with van der Waals surface area (Å²) in [6.07, 6.45) is 3.70. The summed E-state index contributed by atoms with van der Waals surface area (Å²) >= 11 is 0.704. The third-order valence-electron chi connectivity index (χ3n) is 6.39. The van der Waals surface area contributed by atoms with Crippen LogP contribution in [0.3, 0.4) is 0 Å². The number of nitrogen functional groups attached to an aromatic ring is 1. The highest BCUT2D eigenvalue weighted by molar-refractivity contribution is 7.09. The molecule has 3 amide bonds. The molecule has 9 nitrogen and oxygen atoms in total. The average molecular weight is 525 g/mol.